The summed E-state index contributed by atoms with van der Waals surface area (Å²) in [6.45, 7) is 6.11. The Hall–Kier alpha value is -1.72. The first-order valence-corrected chi connectivity index (χ1v) is 7.58. The monoisotopic (exact) mass is 303 g/mol. The molecule has 1 heterocycles. The molecular weight excluding hydrogens is 286 g/mol. The van der Waals surface area contributed by atoms with E-state index in [-0.39, 0.29) is 0 Å². The molecular formula is C15H17N3S2. The minimum absolute atomic E-state index is 0.495. The Morgan fingerprint density at radius 3 is 2.70 bits per heavy atom. The second-order valence-corrected chi connectivity index (χ2v) is 5.84. The molecule has 104 valence electrons. The van der Waals surface area contributed by atoms with Crippen LogP contribution in [-0.2, 0) is 0 Å². The second-order valence-electron chi connectivity index (χ2n) is 4.49. The summed E-state index contributed by atoms with van der Waals surface area (Å²) in [6.07, 6.45) is 0. The third-order valence-electron chi connectivity index (χ3n) is 3.06. The lowest BCUT2D eigenvalue weighted by Gasteiger charge is -2.11. The largest absolute Gasteiger partial charge is 0.331 e. The van der Waals surface area contributed by atoms with Crippen molar-refractivity contribution in [2.45, 2.75) is 20.8 Å². The maximum absolute atomic E-state index is 5.26. The van der Waals surface area contributed by atoms with Crippen LogP contribution in [0.25, 0.3) is 0 Å². The smallest absolute Gasteiger partial charge is 0.191 e. The molecule has 0 aliphatic rings. The standard InChI is InChI=1S/C15H17N3S2/c1-10-6-4-7-13(11(10)2)16-15(19)18-17-12(3)14-8-5-9-20-14/h4-9H,1-3H3,(H2,16,18,19)/b17-12+. The number of rotatable bonds is 3. The van der Waals surface area contributed by atoms with Gasteiger partial charge < -0.3 is 5.32 Å². The van der Waals surface area contributed by atoms with Crippen LogP contribution in [0.1, 0.15) is 22.9 Å². The quantitative estimate of drug-likeness (QED) is 0.510. The average molecular weight is 303 g/mol. The van der Waals surface area contributed by atoms with Gasteiger partial charge in [0.1, 0.15) is 0 Å². The number of benzene rings is 1. The van der Waals surface area contributed by atoms with E-state index < -0.39 is 0 Å². The molecule has 5 heteroatoms. The van der Waals surface area contributed by atoms with E-state index in [2.05, 4.69) is 35.8 Å². The number of nitrogens with one attached hydrogen (secondary N) is 2. The first-order valence-electron chi connectivity index (χ1n) is 6.29. The third-order valence-corrected chi connectivity index (χ3v) is 4.23. The van der Waals surface area contributed by atoms with E-state index in [4.69, 9.17) is 12.2 Å². The molecule has 0 spiro atoms. The average Bonchev–Trinajstić information content (AvgIpc) is 2.95. The van der Waals surface area contributed by atoms with Crippen molar-refractivity contribution in [3.63, 3.8) is 0 Å². The first-order chi connectivity index (χ1) is 9.58. The normalized spacial score (nSPS) is 11.2. The highest BCUT2D eigenvalue weighted by Crippen LogP contribution is 2.17. The molecule has 0 aliphatic heterocycles. The maximum Gasteiger partial charge on any atom is 0.191 e. The van der Waals surface area contributed by atoms with Gasteiger partial charge in [0.2, 0.25) is 0 Å². The Bertz CT molecular complexity index is 631. The van der Waals surface area contributed by atoms with E-state index >= 15 is 0 Å². The van der Waals surface area contributed by atoms with Crippen molar-refractivity contribution < 1.29 is 0 Å². The zero-order valence-corrected chi connectivity index (χ0v) is 13.4. The van der Waals surface area contributed by atoms with Gasteiger partial charge in [-0.15, -0.1) is 11.3 Å². The number of hydrogen-bond donors (Lipinski definition) is 2. The summed E-state index contributed by atoms with van der Waals surface area (Å²) in [5, 5.41) is 9.98. The molecule has 0 aliphatic carbocycles. The minimum Gasteiger partial charge on any atom is -0.331 e. The van der Waals surface area contributed by atoms with Gasteiger partial charge in [-0.25, -0.2) is 0 Å². The third kappa shape index (κ3) is 3.65. The molecule has 0 saturated carbocycles. The van der Waals surface area contributed by atoms with Crippen LogP contribution >= 0.6 is 23.6 Å². The van der Waals surface area contributed by atoms with Crippen molar-refractivity contribution in [3.05, 3.63) is 51.7 Å². The molecule has 1 aromatic carbocycles. The van der Waals surface area contributed by atoms with E-state index in [1.54, 1.807) is 11.3 Å². The minimum atomic E-state index is 0.495. The molecule has 0 fully saturated rings. The lowest BCUT2D eigenvalue weighted by molar-refractivity contribution is 1.04. The van der Waals surface area contributed by atoms with E-state index in [0.29, 0.717) is 5.11 Å². The van der Waals surface area contributed by atoms with Gasteiger partial charge in [0.15, 0.2) is 5.11 Å². The molecule has 2 aromatic rings. The molecule has 0 saturated heterocycles. The lowest BCUT2D eigenvalue weighted by atomic mass is 10.1. The van der Waals surface area contributed by atoms with Gasteiger partial charge in [0.05, 0.1) is 5.71 Å². The molecule has 0 radical (unpaired) electrons. The number of anilines is 1. The lowest BCUT2D eigenvalue weighted by Crippen LogP contribution is -2.25. The predicted octanol–water partition coefficient (Wildman–Crippen LogP) is 4.08. The fraction of sp³-hybridized carbons (Fsp3) is 0.200. The van der Waals surface area contributed by atoms with Gasteiger partial charge in [0, 0.05) is 10.6 Å². The number of thiocarbonyl (C=S) groups is 1. The Morgan fingerprint density at radius 1 is 1.20 bits per heavy atom. The highest BCUT2D eigenvalue weighted by atomic mass is 32.1. The molecule has 0 atom stereocenters. The molecule has 20 heavy (non-hydrogen) atoms. The van der Waals surface area contributed by atoms with Crippen LogP contribution in [0.3, 0.4) is 0 Å². The zero-order valence-electron chi connectivity index (χ0n) is 11.7. The van der Waals surface area contributed by atoms with Crippen LogP contribution in [0, 0.1) is 13.8 Å². The van der Waals surface area contributed by atoms with Crippen molar-refractivity contribution in [3.8, 4) is 0 Å². The zero-order chi connectivity index (χ0) is 14.5. The van der Waals surface area contributed by atoms with Crippen molar-refractivity contribution >= 4 is 40.1 Å². The van der Waals surface area contributed by atoms with Gasteiger partial charge in [-0.1, -0.05) is 18.2 Å². The van der Waals surface area contributed by atoms with Gasteiger partial charge in [-0.3, -0.25) is 5.43 Å². The fourth-order valence-corrected chi connectivity index (χ4v) is 2.54. The SMILES string of the molecule is C/C(=N\NC(=S)Nc1cccc(C)c1C)c1cccs1. The maximum atomic E-state index is 5.26. The summed E-state index contributed by atoms with van der Waals surface area (Å²) in [5.74, 6) is 0. The first kappa shape index (κ1) is 14.7. The van der Waals surface area contributed by atoms with Crippen LogP contribution in [0.2, 0.25) is 0 Å². The Kier molecular flexibility index (Phi) is 4.87. The summed E-state index contributed by atoms with van der Waals surface area (Å²) in [6, 6.07) is 10.1. The van der Waals surface area contributed by atoms with Crippen molar-refractivity contribution in [2.75, 3.05) is 5.32 Å². The molecule has 2 rings (SSSR count). The Labute approximate surface area is 128 Å². The van der Waals surface area contributed by atoms with Crippen molar-refractivity contribution in [1.29, 1.82) is 0 Å². The predicted molar refractivity (Wildman–Crippen MR) is 91.8 cm³/mol. The summed E-state index contributed by atoms with van der Waals surface area (Å²) in [7, 11) is 0. The van der Waals surface area contributed by atoms with E-state index in [9.17, 15) is 0 Å². The summed E-state index contributed by atoms with van der Waals surface area (Å²) in [5.41, 5.74) is 7.23. The Balaban J connectivity index is 1.99. The van der Waals surface area contributed by atoms with E-state index in [1.165, 1.54) is 11.1 Å². The van der Waals surface area contributed by atoms with E-state index in [1.807, 2.05) is 36.6 Å². The summed E-state index contributed by atoms with van der Waals surface area (Å²) < 4.78 is 0. The van der Waals surface area contributed by atoms with Crippen molar-refractivity contribution in [1.82, 2.24) is 5.43 Å². The van der Waals surface area contributed by atoms with Crippen molar-refractivity contribution in [2.24, 2.45) is 5.10 Å². The van der Waals surface area contributed by atoms with E-state index in [0.717, 1.165) is 16.3 Å². The molecule has 0 amide bonds. The van der Waals surface area contributed by atoms with Gasteiger partial charge >= 0.3 is 0 Å². The second kappa shape index (κ2) is 6.63. The molecule has 2 N–H and O–H groups in total. The van der Waals surface area contributed by atoms with Crippen LogP contribution in [0.4, 0.5) is 5.69 Å². The summed E-state index contributed by atoms with van der Waals surface area (Å²) >= 11 is 6.92. The number of thiophene rings is 1. The number of hydrazone groups is 1. The molecule has 1 aromatic heterocycles. The van der Waals surface area contributed by atoms with Crippen LogP contribution < -0.4 is 10.7 Å². The van der Waals surface area contributed by atoms with Crippen LogP contribution in [0.15, 0.2) is 40.8 Å². The van der Waals surface area contributed by atoms with Gasteiger partial charge in [-0.2, -0.15) is 5.10 Å². The van der Waals surface area contributed by atoms with Crippen LogP contribution in [0.5, 0.6) is 0 Å². The van der Waals surface area contributed by atoms with Crippen LogP contribution in [-0.4, -0.2) is 10.8 Å². The molecule has 3 nitrogen and oxygen atoms in total. The number of aryl methyl sites for hydroxylation is 1. The Morgan fingerprint density at radius 2 is 2.00 bits per heavy atom. The number of nitrogens with zero attached hydrogens (tertiary/aromatic N) is 1. The van der Waals surface area contributed by atoms with Gasteiger partial charge in [0.25, 0.3) is 0 Å². The molecule has 0 unspecified atom stereocenters. The molecule has 0 bridgehead atoms. The van der Waals surface area contributed by atoms with Gasteiger partial charge in [-0.05, 0) is 61.6 Å². The number of hydrogen-bond acceptors (Lipinski definition) is 3. The fourth-order valence-electron chi connectivity index (χ4n) is 1.71. The summed E-state index contributed by atoms with van der Waals surface area (Å²) in [4.78, 5) is 1.13. The highest BCUT2D eigenvalue weighted by molar-refractivity contribution is 7.80. The highest BCUT2D eigenvalue weighted by Gasteiger charge is 2.03. The topological polar surface area (TPSA) is 36.4 Å².